The summed E-state index contributed by atoms with van der Waals surface area (Å²) in [4.78, 5) is 5.34. The Hall–Kier alpha value is -0.120. The molecule has 3 heterocycles. The van der Waals surface area contributed by atoms with Gasteiger partial charge >= 0.3 is 0 Å². The highest BCUT2D eigenvalue weighted by molar-refractivity contribution is 4.90. The van der Waals surface area contributed by atoms with Gasteiger partial charge in [-0.3, -0.25) is 0 Å². The first-order chi connectivity index (χ1) is 8.33. The summed E-state index contributed by atoms with van der Waals surface area (Å²) in [6, 6.07) is 1.67. The van der Waals surface area contributed by atoms with Gasteiger partial charge in [0.2, 0.25) is 0 Å². The molecule has 3 aliphatic rings. The minimum absolute atomic E-state index is 0.785. The fourth-order valence-electron chi connectivity index (χ4n) is 4.12. The van der Waals surface area contributed by atoms with Crippen LogP contribution in [0.3, 0.4) is 0 Å². The summed E-state index contributed by atoms with van der Waals surface area (Å²) in [5.41, 5.74) is 0. The minimum Gasteiger partial charge on any atom is -0.313 e. The molecule has 3 aliphatic heterocycles. The van der Waals surface area contributed by atoms with Crippen LogP contribution >= 0.6 is 0 Å². The Kier molecular flexibility index (Phi) is 3.69. The van der Waals surface area contributed by atoms with Crippen molar-refractivity contribution in [1.82, 2.24) is 15.1 Å². The van der Waals surface area contributed by atoms with Crippen LogP contribution < -0.4 is 5.32 Å². The molecule has 0 radical (unpaired) electrons. The topological polar surface area (TPSA) is 18.5 Å². The zero-order valence-corrected chi connectivity index (χ0v) is 11.2. The van der Waals surface area contributed by atoms with Crippen LogP contribution in [0, 0.1) is 5.92 Å². The molecular formula is C14H27N3. The average molecular weight is 237 g/mol. The second kappa shape index (κ2) is 5.25. The fourth-order valence-corrected chi connectivity index (χ4v) is 4.12. The number of rotatable bonds is 2. The molecule has 3 heteroatoms. The Labute approximate surface area is 106 Å². The molecule has 0 aromatic heterocycles. The SMILES string of the molecule is CN1CCCC2CN(CC3CCCN3)CCC21. The number of hydrogen-bond donors (Lipinski definition) is 1. The predicted molar refractivity (Wildman–Crippen MR) is 71.2 cm³/mol. The van der Waals surface area contributed by atoms with E-state index in [4.69, 9.17) is 0 Å². The monoisotopic (exact) mass is 237 g/mol. The largest absolute Gasteiger partial charge is 0.313 e. The van der Waals surface area contributed by atoms with Gasteiger partial charge < -0.3 is 15.1 Å². The van der Waals surface area contributed by atoms with E-state index in [0.717, 1.165) is 18.0 Å². The molecule has 3 nitrogen and oxygen atoms in total. The molecule has 3 rings (SSSR count). The third kappa shape index (κ3) is 2.67. The second-order valence-corrected chi connectivity index (χ2v) is 6.29. The van der Waals surface area contributed by atoms with E-state index in [1.807, 2.05) is 0 Å². The lowest BCUT2D eigenvalue weighted by Crippen LogP contribution is -2.54. The van der Waals surface area contributed by atoms with Gasteiger partial charge in [-0.15, -0.1) is 0 Å². The van der Waals surface area contributed by atoms with E-state index in [1.165, 1.54) is 64.8 Å². The van der Waals surface area contributed by atoms with Crippen molar-refractivity contribution in [3.63, 3.8) is 0 Å². The zero-order chi connectivity index (χ0) is 11.7. The third-order valence-corrected chi connectivity index (χ3v) is 5.07. The van der Waals surface area contributed by atoms with Crippen LogP contribution in [-0.2, 0) is 0 Å². The summed E-state index contributed by atoms with van der Waals surface area (Å²) in [7, 11) is 2.32. The van der Waals surface area contributed by atoms with Crippen LogP contribution in [0.25, 0.3) is 0 Å². The molecule has 1 N–H and O–H groups in total. The van der Waals surface area contributed by atoms with E-state index in [1.54, 1.807) is 0 Å². The van der Waals surface area contributed by atoms with E-state index >= 15 is 0 Å². The standard InChI is InChI=1S/C14H27N3/c1-16-8-3-4-12-10-17(9-6-14(12)16)11-13-5-2-7-15-13/h12-15H,2-11H2,1H3. The van der Waals surface area contributed by atoms with Crippen LogP contribution in [0.1, 0.15) is 32.1 Å². The molecule has 98 valence electrons. The van der Waals surface area contributed by atoms with Gasteiger partial charge in [-0.2, -0.15) is 0 Å². The van der Waals surface area contributed by atoms with Crippen molar-refractivity contribution in [2.45, 2.75) is 44.2 Å². The molecule has 17 heavy (non-hydrogen) atoms. The van der Waals surface area contributed by atoms with E-state index in [-0.39, 0.29) is 0 Å². The Bertz CT molecular complexity index is 250. The molecule has 0 spiro atoms. The first-order valence-corrected chi connectivity index (χ1v) is 7.49. The third-order valence-electron chi connectivity index (χ3n) is 5.07. The van der Waals surface area contributed by atoms with Crippen molar-refractivity contribution >= 4 is 0 Å². The maximum Gasteiger partial charge on any atom is 0.0195 e. The summed E-state index contributed by atoms with van der Waals surface area (Å²) in [5, 5.41) is 3.63. The van der Waals surface area contributed by atoms with E-state index < -0.39 is 0 Å². The lowest BCUT2D eigenvalue weighted by Gasteiger charge is -2.46. The number of piperidine rings is 2. The van der Waals surface area contributed by atoms with Gasteiger partial charge in [0.25, 0.3) is 0 Å². The molecule has 0 aromatic carbocycles. The Balaban J connectivity index is 1.52. The summed E-state index contributed by atoms with van der Waals surface area (Å²) < 4.78 is 0. The molecule has 0 bridgehead atoms. The number of hydrogen-bond acceptors (Lipinski definition) is 3. The van der Waals surface area contributed by atoms with Crippen molar-refractivity contribution in [3.8, 4) is 0 Å². The first-order valence-electron chi connectivity index (χ1n) is 7.49. The zero-order valence-electron chi connectivity index (χ0n) is 11.2. The van der Waals surface area contributed by atoms with E-state index in [9.17, 15) is 0 Å². The number of nitrogens with one attached hydrogen (secondary N) is 1. The Morgan fingerprint density at radius 3 is 2.88 bits per heavy atom. The Morgan fingerprint density at radius 2 is 2.06 bits per heavy atom. The molecular weight excluding hydrogens is 210 g/mol. The molecule has 3 fully saturated rings. The lowest BCUT2D eigenvalue weighted by molar-refractivity contribution is 0.0357. The van der Waals surface area contributed by atoms with E-state index in [0.29, 0.717) is 0 Å². The second-order valence-electron chi connectivity index (χ2n) is 6.29. The maximum atomic E-state index is 3.63. The normalized spacial score (nSPS) is 40.4. The van der Waals surface area contributed by atoms with Crippen LogP contribution in [0.15, 0.2) is 0 Å². The smallest absolute Gasteiger partial charge is 0.0195 e. The molecule has 3 atom stereocenters. The molecule has 0 amide bonds. The molecule has 3 saturated heterocycles. The van der Waals surface area contributed by atoms with Gasteiger partial charge in [0, 0.05) is 25.2 Å². The van der Waals surface area contributed by atoms with Crippen LogP contribution in [0.5, 0.6) is 0 Å². The van der Waals surface area contributed by atoms with Crippen molar-refractivity contribution in [1.29, 1.82) is 0 Å². The maximum absolute atomic E-state index is 3.63. The van der Waals surface area contributed by atoms with Gasteiger partial charge in [0.05, 0.1) is 0 Å². The van der Waals surface area contributed by atoms with Crippen molar-refractivity contribution in [2.75, 3.05) is 39.8 Å². The molecule has 0 aromatic rings. The lowest BCUT2D eigenvalue weighted by atomic mass is 9.84. The highest BCUT2D eigenvalue weighted by Crippen LogP contribution is 2.29. The summed E-state index contributed by atoms with van der Waals surface area (Å²) in [5.74, 6) is 0.948. The average Bonchev–Trinajstić information content (AvgIpc) is 2.82. The number of fused-ring (bicyclic) bond motifs is 1. The highest BCUT2D eigenvalue weighted by Gasteiger charge is 2.34. The van der Waals surface area contributed by atoms with Gasteiger partial charge in [0.1, 0.15) is 0 Å². The Morgan fingerprint density at radius 1 is 1.12 bits per heavy atom. The van der Waals surface area contributed by atoms with Gasteiger partial charge in [0.15, 0.2) is 0 Å². The molecule has 3 unspecified atom stereocenters. The van der Waals surface area contributed by atoms with E-state index in [2.05, 4.69) is 22.2 Å². The predicted octanol–water partition coefficient (Wildman–Crippen LogP) is 1.15. The van der Waals surface area contributed by atoms with Crippen molar-refractivity contribution in [2.24, 2.45) is 5.92 Å². The van der Waals surface area contributed by atoms with Crippen molar-refractivity contribution < 1.29 is 0 Å². The quantitative estimate of drug-likeness (QED) is 0.777. The fraction of sp³-hybridized carbons (Fsp3) is 1.00. The molecule has 0 saturated carbocycles. The number of likely N-dealkylation sites (tertiary alicyclic amines) is 2. The van der Waals surface area contributed by atoms with Crippen LogP contribution in [0.4, 0.5) is 0 Å². The molecule has 0 aliphatic carbocycles. The van der Waals surface area contributed by atoms with Crippen LogP contribution in [0.2, 0.25) is 0 Å². The van der Waals surface area contributed by atoms with Crippen LogP contribution in [-0.4, -0.2) is 61.7 Å². The summed E-state index contributed by atoms with van der Waals surface area (Å²) in [6.45, 7) is 6.54. The summed E-state index contributed by atoms with van der Waals surface area (Å²) >= 11 is 0. The highest BCUT2D eigenvalue weighted by atomic mass is 15.2. The summed E-state index contributed by atoms with van der Waals surface area (Å²) in [6.07, 6.45) is 7.04. The van der Waals surface area contributed by atoms with Gasteiger partial charge in [-0.1, -0.05) is 0 Å². The van der Waals surface area contributed by atoms with Crippen molar-refractivity contribution in [3.05, 3.63) is 0 Å². The number of nitrogens with zero attached hydrogens (tertiary/aromatic N) is 2. The minimum atomic E-state index is 0.785. The van der Waals surface area contributed by atoms with Gasteiger partial charge in [-0.25, -0.2) is 0 Å². The van der Waals surface area contributed by atoms with Gasteiger partial charge in [-0.05, 0) is 64.7 Å². The first kappa shape index (κ1) is 11.9.